The molecule has 0 bridgehead atoms. The van der Waals surface area contributed by atoms with Crippen LogP contribution in [0.3, 0.4) is 0 Å². The molecule has 1 amide bonds. The summed E-state index contributed by atoms with van der Waals surface area (Å²) >= 11 is 0. The molecule has 0 fully saturated rings. The molecule has 0 radical (unpaired) electrons. The quantitative estimate of drug-likeness (QED) is 0.485. The standard InChI is InChI=1S/C20H18N4O5/c1-29-18-5-3-2-4-15(18)12-21-19(25)13-23-20(26)11-10-17(22-23)14-6-8-16(9-7-14)24(27)28/h2-11H,12-13H2,1H3,(H,21,25). The maximum atomic E-state index is 12.3. The molecule has 1 N–H and O–H groups in total. The molecule has 0 aliphatic rings. The van der Waals surface area contributed by atoms with Gasteiger partial charge in [-0.1, -0.05) is 18.2 Å². The number of methoxy groups -OCH3 is 1. The molecular weight excluding hydrogens is 376 g/mol. The molecule has 0 aliphatic heterocycles. The Bertz CT molecular complexity index is 1090. The van der Waals surface area contributed by atoms with E-state index in [-0.39, 0.29) is 24.7 Å². The third kappa shape index (κ3) is 4.83. The molecular formula is C20H18N4O5. The molecule has 0 aliphatic carbocycles. The number of benzene rings is 2. The van der Waals surface area contributed by atoms with Crippen molar-refractivity contribution in [2.24, 2.45) is 0 Å². The van der Waals surface area contributed by atoms with Gasteiger partial charge in [-0.2, -0.15) is 5.10 Å². The molecule has 1 aromatic heterocycles. The molecule has 9 heteroatoms. The summed E-state index contributed by atoms with van der Waals surface area (Å²) in [5.41, 5.74) is 1.36. The number of amides is 1. The molecule has 2 aromatic carbocycles. The van der Waals surface area contributed by atoms with E-state index < -0.39 is 10.5 Å². The van der Waals surface area contributed by atoms with Gasteiger partial charge in [0, 0.05) is 35.9 Å². The summed E-state index contributed by atoms with van der Waals surface area (Å²) < 4.78 is 6.29. The molecule has 3 aromatic rings. The third-order valence-corrected chi connectivity index (χ3v) is 4.20. The Morgan fingerprint density at radius 1 is 1.14 bits per heavy atom. The lowest BCUT2D eigenvalue weighted by Gasteiger charge is -2.10. The maximum Gasteiger partial charge on any atom is 0.269 e. The van der Waals surface area contributed by atoms with Crippen LogP contribution in [0.4, 0.5) is 5.69 Å². The predicted molar refractivity (Wildman–Crippen MR) is 105 cm³/mol. The van der Waals surface area contributed by atoms with Gasteiger partial charge in [0.2, 0.25) is 5.91 Å². The van der Waals surface area contributed by atoms with Crippen molar-refractivity contribution in [2.75, 3.05) is 7.11 Å². The topological polar surface area (TPSA) is 116 Å². The van der Waals surface area contributed by atoms with E-state index in [1.807, 2.05) is 18.2 Å². The lowest BCUT2D eigenvalue weighted by atomic mass is 10.1. The third-order valence-electron chi connectivity index (χ3n) is 4.20. The summed E-state index contributed by atoms with van der Waals surface area (Å²) in [6, 6.07) is 15.9. The van der Waals surface area contributed by atoms with Crippen LogP contribution in [-0.2, 0) is 17.9 Å². The summed E-state index contributed by atoms with van der Waals surface area (Å²) in [5, 5.41) is 17.7. The van der Waals surface area contributed by atoms with Gasteiger partial charge < -0.3 is 10.1 Å². The van der Waals surface area contributed by atoms with Gasteiger partial charge in [0.25, 0.3) is 11.2 Å². The van der Waals surface area contributed by atoms with Gasteiger partial charge in [0.05, 0.1) is 17.7 Å². The summed E-state index contributed by atoms with van der Waals surface area (Å²) in [4.78, 5) is 34.6. The molecule has 1 heterocycles. The lowest BCUT2D eigenvalue weighted by Crippen LogP contribution is -2.33. The predicted octanol–water partition coefficient (Wildman–Crippen LogP) is 2.14. The largest absolute Gasteiger partial charge is 0.496 e. The maximum absolute atomic E-state index is 12.3. The smallest absolute Gasteiger partial charge is 0.269 e. The number of hydrogen-bond donors (Lipinski definition) is 1. The zero-order valence-corrected chi connectivity index (χ0v) is 15.6. The Morgan fingerprint density at radius 2 is 1.86 bits per heavy atom. The second-order valence-electron chi connectivity index (χ2n) is 6.11. The van der Waals surface area contributed by atoms with E-state index in [0.29, 0.717) is 17.0 Å². The summed E-state index contributed by atoms with van der Waals surface area (Å²) in [6.45, 7) is -0.00551. The first-order valence-corrected chi connectivity index (χ1v) is 8.69. The van der Waals surface area contributed by atoms with Gasteiger partial charge in [-0.25, -0.2) is 4.68 Å². The van der Waals surface area contributed by atoms with Crippen molar-refractivity contribution < 1.29 is 14.5 Å². The van der Waals surface area contributed by atoms with Gasteiger partial charge in [-0.3, -0.25) is 19.7 Å². The first kappa shape index (κ1) is 19.7. The highest BCUT2D eigenvalue weighted by molar-refractivity contribution is 5.75. The molecule has 148 valence electrons. The van der Waals surface area contributed by atoms with E-state index in [9.17, 15) is 19.7 Å². The number of para-hydroxylation sites is 1. The Labute approximate surface area is 165 Å². The Balaban J connectivity index is 1.72. The number of rotatable bonds is 7. The zero-order chi connectivity index (χ0) is 20.8. The van der Waals surface area contributed by atoms with Crippen LogP contribution in [0, 0.1) is 10.1 Å². The number of nitro groups is 1. The second-order valence-corrected chi connectivity index (χ2v) is 6.11. The summed E-state index contributed by atoms with van der Waals surface area (Å²) in [7, 11) is 1.55. The molecule has 9 nitrogen and oxygen atoms in total. The molecule has 29 heavy (non-hydrogen) atoms. The minimum absolute atomic E-state index is 0.0437. The average Bonchev–Trinajstić information content (AvgIpc) is 2.74. The van der Waals surface area contributed by atoms with Crippen LogP contribution < -0.4 is 15.6 Å². The number of non-ortho nitro benzene ring substituents is 1. The van der Waals surface area contributed by atoms with Crippen LogP contribution in [-0.4, -0.2) is 27.7 Å². The highest BCUT2D eigenvalue weighted by Gasteiger charge is 2.11. The zero-order valence-electron chi connectivity index (χ0n) is 15.6. The number of ether oxygens (including phenoxy) is 1. The van der Waals surface area contributed by atoms with Crippen LogP contribution in [0.5, 0.6) is 5.75 Å². The van der Waals surface area contributed by atoms with Crippen molar-refractivity contribution in [3.8, 4) is 17.0 Å². The number of carbonyl (C=O) groups excluding carboxylic acids is 1. The Kier molecular flexibility index (Phi) is 5.98. The van der Waals surface area contributed by atoms with Gasteiger partial charge in [0.1, 0.15) is 12.3 Å². The lowest BCUT2D eigenvalue weighted by molar-refractivity contribution is -0.384. The average molecular weight is 394 g/mol. The van der Waals surface area contributed by atoms with Crippen LogP contribution in [0.25, 0.3) is 11.3 Å². The van der Waals surface area contributed by atoms with Crippen molar-refractivity contribution in [2.45, 2.75) is 13.1 Å². The van der Waals surface area contributed by atoms with Crippen LogP contribution in [0.1, 0.15) is 5.56 Å². The minimum Gasteiger partial charge on any atom is -0.496 e. The van der Waals surface area contributed by atoms with Crippen LogP contribution in [0.15, 0.2) is 65.5 Å². The molecule has 0 saturated carbocycles. The fraction of sp³-hybridized carbons (Fsp3) is 0.150. The van der Waals surface area contributed by atoms with Crippen LogP contribution in [0.2, 0.25) is 0 Å². The van der Waals surface area contributed by atoms with Crippen molar-refractivity contribution >= 4 is 11.6 Å². The van der Waals surface area contributed by atoms with E-state index in [4.69, 9.17) is 4.74 Å². The summed E-state index contributed by atoms with van der Waals surface area (Å²) in [6.07, 6.45) is 0. The number of carbonyl (C=O) groups is 1. The second kappa shape index (κ2) is 8.79. The van der Waals surface area contributed by atoms with Gasteiger partial charge in [0.15, 0.2) is 0 Å². The van der Waals surface area contributed by atoms with Crippen LogP contribution >= 0.6 is 0 Å². The van der Waals surface area contributed by atoms with Gasteiger partial charge >= 0.3 is 0 Å². The van der Waals surface area contributed by atoms with Crippen molar-refractivity contribution in [3.63, 3.8) is 0 Å². The van der Waals surface area contributed by atoms with E-state index in [0.717, 1.165) is 10.2 Å². The molecule has 0 saturated heterocycles. The SMILES string of the molecule is COc1ccccc1CNC(=O)Cn1nc(-c2ccc([N+](=O)[O-])cc2)ccc1=O. The Hall–Kier alpha value is -4.01. The molecule has 3 rings (SSSR count). The van der Waals surface area contributed by atoms with E-state index >= 15 is 0 Å². The minimum atomic E-state index is -0.496. The molecule has 0 unspecified atom stereocenters. The fourth-order valence-electron chi connectivity index (χ4n) is 2.70. The number of hydrogen-bond acceptors (Lipinski definition) is 6. The number of nitro benzene ring substituents is 1. The number of nitrogens with one attached hydrogen (secondary N) is 1. The molecule has 0 atom stereocenters. The molecule has 0 spiro atoms. The monoisotopic (exact) mass is 394 g/mol. The summed E-state index contributed by atoms with van der Waals surface area (Å²) in [5.74, 6) is 0.273. The number of aromatic nitrogens is 2. The number of nitrogens with zero attached hydrogens (tertiary/aromatic N) is 3. The fourth-order valence-corrected chi connectivity index (χ4v) is 2.70. The first-order valence-electron chi connectivity index (χ1n) is 8.69. The highest BCUT2D eigenvalue weighted by Crippen LogP contribution is 2.20. The Morgan fingerprint density at radius 3 is 2.55 bits per heavy atom. The van der Waals surface area contributed by atoms with Crippen molar-refractivity contribution in [3.05, 3.63) is 86.7 Å². The highest BCUT2D eigenvalue weighted by atomic mass is 16.6. The van der Waals surface area contributed by atoms with E-state index in [1.165, 1.54) is 36.4 Å². The van der Waals surface area contributed by atoms with E-state index in [1.54, 1.807) is 13.2 Å². The van der Waals surface area contributed by atoms with Crippen molar-refractivity contribution in [1.82, 2.24) is 15.1 Å². The van der Waals surface area contributed by atoms with Gasteiger partial charge in [-0.15, -0.1) is 0 Å². The van der Waals surface area contributed by atoms with Gasteiger partial charge in [-0.05, 0) is 24.3 Å². The first-order chi connectivity index (χ1) is 14.0. The van der Waals surface area contributed by atoms with Crippen molar-refractivity contribution in [1.29, 1.82) is 0 Å². The van der Waals surface area contributed by atoms with E-state index in [2.05, 4.69) is 10.4 Å². The normalized spacial score (nSPS) is 10.4.